The minimum Gasteiger partial charge on any atom is -0.493 e. The maximum absolute atomic E-state index is 13.4. The lowest BCUT2D eigenvalue weighted by atomic mass is 10.00. The zero-order valence-corrected chi connectivity index (χ0v) is 20.8. The van der Waals surface area contributed by atoms with Gasteiger partial charge in [0, 0.05) is 22.8 Å². The van der Waals surface area contributed by atoms with Gasteiger partial charge >= 0.3 is 0 Å². The largest absolute Gasteiger partial charge is 0.493 e. The SMILES string of the molecule is COc1cc(C(CC(=O)Nc2cccc(Cl)c2C)N2Cc3ccccc3C2=O)cc(OC)c1OC. The number of methoxy groups -OCH3 is 3. The third-order valence-electron chi connectivity index (χ3n) is 6.22. The van der Waals surface area contributed by atoms with Crippen LogP contribution in [0, 0.1) is 6.92 Å². The number of nitrogens with one attached hydrogen (secondary N) is 1. The summed E-state index contributed by atoms with van der Waals surface area (Å²) in [4.78, 5) is 28.3. The minimum absolute atomic E-state index is 0.0182. The van der Waals surface area contributed by atoms with E-state index in [-0.39, 0.29) is 18.2 Å². The smallest absolute Gasteiger partial charge is 0.255 e. The van der Waals surface area contributed by atoms with Crippen molar-refractivity contribution in [2.45, 2.75) is 25.9 Å². The topological polar surface area (TPSA) is 77.1 Å². The number of anilines is 1. The van der Waals surface area contributed by atoms with Crippen LogP contribution in [0.25, 0.3) is 0 Å². The molecule has 1 heterocycles. The van der Waals surface area contributed by atoms with Gasteiger partial charge in [-0.3, -0.25) is 9.59 Å². The van der Waals surface area contributed by atoms with Crippen LogP contribution in [0.4, 0.5) is 5.69 Å². The summed E-state index contributed by atoms with van der Waals surface area (Å²) in [6.45, 7) is 2.23. The predicted octanol–water partition coefficient (Wildman–Crippen LogP) is 5.40. The van der Waals surface area contributed by atoms with Crippen molar-refractivity contribution in [1.82, 2.24) is 4.90 Å². The zero-order chi connectivity index (χ0) is 25.1. The molecule has 3 aromatic rings. The molecule has 0 radical (unpaired) electrons. The Hall–Kier alpha value is -3.71. The lowest BCUT2D eigenvalue weighted by Gasteiger charge is -2.29. The van der Waals surface area contributed by atoms with Crippen molar-refractivity contribution in [3.05, 3.63) is 81.9 Å². The van der Waals surface area contributed by atoms with Crippen LogP contribution in [-0.4, -0.2) is 38.0 Å². The molecule has 1 unspecified atom stereocenters. The van der Waals surface area contributed by atoms with Gasteiger partial charge in [0.2, 0.25) is 11.7 Å². The fourth-order valence-electron chi connectivity index (χ4n) is 4.35. The molecule has 8 heteroatoms. The fraction of sp³-hybridized carbons (Fsp3) is 0.259. The number of halogens is 1. The molecule has 1 N–H and O–H groups in total. The number of rotatable bonds is 8. The fourth-order valence-corrected chi connectivity index (χ4v) is 4.52. The van der Waals surface area contributed by atoms with E-state index >= 15 is 0 Å². The van der Waals surface area contributed by atoms with Crippen LogP contribution in [0.1, 0.15) is 39.5 Å². The molecule has 0 aliphatic carbocycles. The van der Waals surface area contributed by atoms with Crippen molar-refractivity contribution < 1.29 is 23.8 Å². The van der Waals surface area contributed by atoms with Crippen LogP contribution in [-0.2, 0) is 11.3 Å². The first-order chi connectivity index (χ1) is 16.9. The molecule has 7 nitrogen and oxygen atoms in total. The second-order valence-corrected chi connectivity index (χ2v) is 8.64. The number of amides is 2. The van der Waals surface area contributed by atoms with Gasteiger partial charge in [0.15, 0.2) is 11.5 Å². The second-order valence-electron chi connectivity index (χ2n) is 8.23. The maximum atomic E-state index is 13.4. The van der Waals surface area contributed by atoms with Crippen LogP contribution in [0.5, 0.6) is 17.2 Å². The summed E-state index contributed by atoms with van der Waals surface area (Å²) >= 11 is 6.22. The molecule has 2 amide bonds. The standard InChI is InChI=1S/C27H27ClN2O5/c1-16-20(28)10-7-11-21(16)29-25(31)14-22(30-15-17-8-5-6-9-19(17)27(30)32)18-12-23(33-2)26(35-4)24(13-18)34-3/h5-13,22H,14-15H2,1-4H3,(H,29,31). The Bertz CT molecular complexity index is 1250. The van der Waals surface area contributed by atoms with Gasteiger partial charge in [0.1, 0.15) is 0 Å². The summed E-state index contributed by atoms with van der Waals surface area (Å²) < 4.78 is 16.5. The van der Waals surface area contributed by atoms with Crippen LogP contribution in [0.2, 0.25) is 5.02 Å². The highest BCUT2D eigenvalue weighted by Gasteiger charge is 2.35. The quantitative estimate of drug-likeness (QED) is 0.453. The average molecular weight is 495 g/mol. The van der Waals surface area contributed by atoms with Gasteiger partial charge in [-0.1, -0.05) is 35.9 Å². The number of carbonyl (C=O) groups is 2. The summed E-state index contributed by atoms with van der Waals surface area (Å²) in [7, 11) is 4.59. The number of ether oxygens (including phenoxy) is 3. The number of hydrogen-bond acceptors (Lipinski definition) is 5. The summed E-state index contributed by atoms with van der Waals surface area (Å²) in [5.41, 5.74) is 3.65. The molecule has 0 saturated heterocycles. The molecule has 3 aromatic carbocycles. The van der Waals surface area contributed by atoms with Crippen molar-refractivity contribution in [3.63, 3.8) is 0 Å². The molecule has 182 valence electrons. The van der Waals surface area contributed by atoms with E-state index in [1.165, 1.54) is 21.3 Å². The van der Waals surface area contributed by atoms with Crippen molar-refractivity contribution in [2.75, 3.05) is 26.6 Å². The Morgan fingerprint density at radius 1 is 1.03 bits per heavy atom. The van der Waals surface area contributed by atoms with Crippen molar-refractivity contribution in [3.8, 4) is 17.2 Å². The summed E-state index contributed by atoms with van der Waals surface area (Å²) in [6, 6.07) is 15.8. The molecule has 0 fully saturated rings. The van der Waals surface area contributed by atoms with E-state index < -0.39 is 6.04 Å². The Morgan fingerprint density at radius 2 is 1.71 bits per heavy atom. The third-order valence-corrected chi connectivity index (χ3v) is 6.63. The highest BCUT2D eigenvalue weighted by atomic mass is 35.5. The molecule has 1 aliphatic heterocycles. The van der Waals surface area contributed by atoms with Gasteiger partial charge in [-0.2, -0.15) is 0 Å². The van der Waals surface area contributed by atoms with E-state index in [1.54, 1.807) is 41.3 Å². The van der Waals surface area contributed by atoms with Crippen LogP contribution in [0.3, 0.4) is 0 Å². The van der Waals surface area contributed by atoms with Crippen molar-refractivity contribution in [2.24, 2.45) is 0 Å². The van der Waals surface area contributed by atoms with Crippen LogP contribution in [0.15, 0.2) is 54.6 Å². The van der Waals surface area contributed by atoms with Crippen LogP contribution < -0.4 is 19.5 Å². The van der Waals surface area contributed by atoms with Crippen molar-refractivity contribution in [1.29, 1.82) is 0 Å². The first-order valence-electron chi connectivity index (χ1n) is 11.1. The average Bonchev–Trinajstić information content (AvgIpc) is 3.20. The summed E-state index contributed by atoms with van der Waals surface area (Å²) in [5.74, 6) is 0.945. The van der Waals surface area contributed by atoms with E-state index in [0.717, 1.165) is 11.1 Å². The zero-order valence-electron chi connectivity index (χ0n) is 20.1. The summed E-state index contributed by atoms with van der Waals surface area (Å²) in [6.07, 6.45) is 0.0182. The lowest BCUT2D eigenvalue weighted by molar-refractivity contribution is -0.117. The normalized spacial score (nSPS) is 13.3. The Balaban J connectivity index is 1.73. The molecule has 4 rings (SSSR count). The third kappa shape index (κ3) is 4.77. The molecular formula is C27H27ClN2O5. The minimum atomic E-state index is -0.580. The molecular weight excluding hydrogens is 468 g/mol. The van der Waals surface area contributed by atoms with Crippen LogP contribution >= 0.6 is 11.6 Å². The van der Waals surface area contributed by atoms with Crippen molar-refractivity contribution >= 4 is 29.1 Å². The maximum Gasteiger partial charge on any atom is 0.255 e. The molecule has 0 saturated carbocycles. The molecule has 35 heavy (non-hydrogen) atoms. The van der Waals surface area contributed by atoms with Gasteiger partial charge in [0.05, 0.1) is 33.8 Å². The molecule has 0 aromatic heterocycles. The van der Waals surface area contributed by atoms with E-state index in [4.69, 9.17) is 25.8 Å². The predicted molar refractivity (Wildman–Crippen MR) is 135 cm³/mol. The number of carbonyl (C=O) groups excluding carboxylic acids is 2. The van der Waals surface area contributed by atoms with Gasteiger partial charge in [-0.05, 0) is 53.9 Å². The first kappa shape index (κ1) is 24.4. The monoisotopic (exact) mass is 494 g/mol. The second kappa shape index (κ2) is 10.3. The molecule has 0 spiro atoms. The van der Waals surface area contributed by atoms with E-state index in [0.29, 0.717) is 45.6 Å². The van der Waals surface area contributed by atoms with Gasteiger partial charge in [-0.25, -0.2) is 0 Å². The Kier molecular flexibility index (Phi) is 7.17. The highest BCUT2D eigenvalue weighted by molar-refractivity contribution is 6.31. The molecule has 0 bridgehead atoms. The Labute approximate surface area is 209 Å². The van der Waals surface area contributed by atoms with E-state index in [9.17, 15) is 9.59 Å². The number of benzene rings is 3. The number of fused-ring (bicyclic) bond motifs is 1. The molecule has 1 atom stereocenters. The van der Waals surface area contributed by atoms with Gasteiger partial charge in [0.25, 0.3) is 5.91 Å². The van der Waals surface area contributed by atoms with E-state index in [2.05, 4.69) is 5.32 Å². The van der Waals surface area contributed by atoms with Gasteiger partial charge in [-0.15, -0.1) is 0 Å². The Morgan fingerprint density at radius 3 is 2.34 bits per heavy atom. The lowest BCUT2D eigenvalue weighted by Crippen LogP contribution is -2.32. The highest BCUT2D eigenvalue weighted by Crippen LogP contribution is 2.43. The summed E-state index contributed by atoms with van der Waals surface area (Å²) in [5, 5.41) is 3.51. The number of nitrogens with zero attached hydrogens (tertiary/aromatic N) is 1. The first-order valence-corrected chi connectivity index (χ1v) is 11.5. The van der Waals surface area contributed by atoms with Gasteiger partial charge < -0.3 is 24.4 Å². The van der Waals surface area contributed by atoms with E-state index in [1.807, 2.05) is 25.1 Å². The molecule has 1 aliphatic rings. The number of hydrogen-bond donors (Lipinski definition) is 1.